The Bertz CT molecular complexity index is 616. The van der Waals surface area contributed by atoms with Crippen LogP contribution in [0.25, 0.3) is 11.3 Å². The van der Waals surface area contributed by atoms with E-state index in [0.29, 0.717) is 17.5 Å². The molecule has 0 aliphatic carbocycles. The Labute approximate surface area is 114 Å². The third-order valence-electron chi connectivity index (χ3n) is 2.42. The van der Waals surface area contributed by atoms with Crippen molar-refractivity contribution in [2.24, 2.45) is 0 Å². The zero-order valence-corrected chi connectivity index (χ0v) is 10.4. The molecule has 1 N–H and O–H groups in total. The molecule has 7 heteroatoms. The van der Waals surface area contributed by atoms with Crippen molar-refractivity contribution in [1.82, 2.24) is 15.2 Å². The van der Waals surface area contributed by atoms with Gasteiger partial charge in [0.05, 0.1) is 11.9 Å². The number of aromatic nitrogens is 3. The summed E-state index contributed by atoms with van der Waals surface area (Å²) in [4.78, 5) is 25.2. The van der Waals surface area contributed by atoms with Gasteiger partial charge in [-0.05, 0) is 18.2 Å². The Balaban J connectivity index is 2.06. The molecule has 0 bridgehead atoms. The first-order valence-electron chi connectivity index (χ1n) is 5.87. The molecule has 0 fully saturated rings. The predicted octanol–water partition coefficient (Wildman–Crippen LogP) is 1.60. The molecule has 2 aromatic heterocycles. The molecule has 0 saturated heterocycles. The minimum Gasteiger partial charge on any atom is -0.309 e. The van der Waals surface area contributed by atoms with Crippen LogP contribution in [0.4, 0.5) is 10.2 Å². The van der Waals surface area contributed by atoms with Gasteiger partial charge in [0.2, 0.25) is 5.91 Å². The summed E-state index contributed by atoms with van der Waals surface area (Å²) in [6.07, 6.45) is 3.49. The summed E-state index contributed by atoms with van der Waals surface area (Å²) in [5.74, 6) is -0.504. The zero-order chi connectivity index (χ0) is 14.4. The fraction of sp³-hybridized carbons (Fsp3) is 0.154. The second-order valence-corrected chi connectivity index (χ2v) is 3.95. The Hall–Kier alpha value is -2.70. The lowest BCUT2D eigenvalue weighted by atomic mass is 10.2. The molecule has 0 aliphatic heterocycles. The first-order valence-corrected chi connectivity index (χ1v) is 5.87. The van der Waals surface area contributed by atoms with Crippen molar-refractivity contribution in [3.63, 3.8) is 0 Å². The number of carbonyl (C=O) groups is 2. The largest absolute Gasteiger partial charge is 0.309 e. The molecule has 0 radical (unpaired) electrons. The Morgan fingerprint density at radius 3 is 2.80 bits per heavy atom. The van der Waals surface area contributed by atoms with Gasteiger partial charge in [-0.1, -0.05) is 0 Å². The monoisotopic (exact) mass is 274 g/mol. The summed E-state index contributed by atoms with van der Waals surface area (Å²) in [5, 5.41) is 10.2. The second-order valence-electron chi connectivity index (χ2n) is 3.95. The molecule has 2 heterocycles. The zero-order valence-electron chi connectivity index (χ0n) is 10.4. The number of carbonyl (C=O) groups excluding carboxylic acids is 2. The average Bonchev–Trinajstić information content (AvgIpc) is 2.46. The fourth-order valence-electron chi connectivity index (χ4n) is 1.50. The van der Waals surface area contributed by atoms with Crippen molar-refractivity contribution >= 4 is 18.0 Å². The van der Waals surface area contributed by atoms with Crippen LogP contribution in [-0.4, -0.2) is 27.4 Å². The lowest BCUT2D eigenvalue weighted by Gasteiger charge is -2.03. The summed E-state index contributed by atoms with van der Waals surface area (Å²) in [7, 11) is 0. The van der Waals surface area contributed by atoms with E-state index >= 15 is 0 Å². The highest BCUT2D eigenvalue weighted by Crippen LogP contribution is 2.16. The summed E-state index contributed by atoms with van der Waals surface area (Å²) in [6.45, 7) is 0. The van der Waals surface area contributed by atoms with Crippen LogP contribution >= 0.6 is 0 Å². The van der Waals surface area contributed by atoms with Crippen LogP contribution in [0.1, 0.15) is 12.8 Å². The maximum absolute atomic E-state index is 13.0. The van der Waals surface area contributed by atoms with Gasteiger partial charge in [-0.2, -0.15) is 0 Å². The van der Waals surface area contributed by atoms with E-state index in [9.17, 15) is 14.0 Å². The molecule has 0 spiro atoms. The molecule has 0 atom stereocenters. The molecule has 20 heavy (non-hydrogen) atoms. The maximum atomic E-state index is 13.0. The predicted molar refractivity (Wildman–Crippen MR) is 69.1 cm³/mol. The number of hydrogen-bond donors (Lipinski definition) is 1. The Kier molecular flexibility index (Phi) is 4.43. The molecule has 2 aromatic rings. The van der Waals surface area contributed by atoms with Crippen LogP contribution in [0, 0.1) is 5.82 Å². The van der Waals surface area contributed by atoms with Crippen LogP contribution in [0.2, 0.25) is 0 Å². The third-order valence-corrected chi connectivity index (χ3v) is 2.42. The van der Waals surface area contributed by atoms with Gasteiger partial charge in [0, 0.05) is 24.6 Å². The van der Waals surface area contributed by atoms with E-state index in [1.165, 1.54) is 12.3 Å². The van der Waals surface area contributed by atoms with Crippen LogP contribution in [-0.2, 0) is 9.59 Å². The van der Waals surface area contributed by atoms with Crippen LogP contribution in [0.15, 0.2) is 30.6 Å². The average molecular weight is 274 g/mol. The van der Waals surface area contributed by atoms with Crippen molar-refractivity contribution in [2.45, 2.75) is 12.8 Å². The molecule has 0 saturated carbocycles. The number of amides is 1. The molecular formula is C13H11FN4O2. The number of aldehydes is 1. The SMILES string of the molecule is O=CCCC(=O)Nc1ccc(-c2cncc(F)c2)nn1. The lowest BCUT2D eigenvalue weighted by molar-refractivity contribution is -0.118. The van der Waals surface area contributed by atoms with Crippen molar-refractivity contribution in [1.29, 1.82) is 0 Å². The normalized spacial score (nSPS) is 10.1. The third kappa shape index (κ3) is 3.64. The smallest absolute Gasteiger partial charge is 0.226 e. The van der Waals surface area contributed by atoms with Crippen LogP contribution in [0.3, 0.4) is 0 Å². The molecule has 0 aliphatic rings. The number of nitrogens with one attached hydrogen (secondary N) is 1. The molecule has 1 amide bonds. The number of hydrogen-bond acceptors (Lipinski definition) is 5. The minimum absolute atomic E-state index is 0.0980. The number of rotatable bonds is 5. The van der Waals surface area contributed by atoms with Crippen LogP contribution < -0.4 is 5.32 Å². The van der Waals surface area contributed by atoms with E-state index in [2.05, 4.69) is 20.5 Å². The van der Waals surface area contributed by atoms with E-state index < -0.39 is 5.82 Å². The highest BCUT2D eigenvalue weighted by Gasteiger charge is 2.05. The minimum atomic E-state index is -0.462. The molecule has 2 rings (SSSR count). The number of nitrogens with zero attached hydrogens (tertiary/aromatic N) is 3. The first kappa shape index (κ1) is 13.7. The number of halogens is 1. The highest BCUT2D eigenvalue weighted by molar-refractivity contribution is 5.90. The Morgan fingerprint density at radius 2 is 2.15 bits per heavy atom. The van der Waals surface area contributed by atoms with Gasteiger partial charge < -0.3 is 10.1 Å². The molecular weight excluding hydrogens is 263 g/mol. The van der Waals surface area contributed by atoms with E-state index in [0.717, 1.165) is 6.20 Å². The molecule has 6 nitrogen and oxygen atoms in total. The van der Waals surface area contributed by atoms with Gasteiger partial charge >= 0.3 is 0 Å². The van der Waals surface area contributed by atoms with E-state index in [-0.39, 0.29) is 24.6 Å². The summed E-state index contributed by atoms with van der Waals surface area (Å²) < 4.78 is 13.0. The number of anilines is 1. The van der Waals surface area contributed by atoms with E-state index in [1.54, 1.807) is 12.1 Å². The van der Waals surface area contributed by atoms with Crippen molar-refractivity contribution in [3.05, 3.63) is 36.4 Å². The number of pyridine rings is 1. The molecule has 0 unspecified atom stereocenters. The van der Waals surface area contributed by atoms with Gasteiger partial charge in [0.1, 0.15) is 12.1 Å². The quantitative estimate of drug-likeness (QED) is 0.837. The highest BCUT2D eigenvalue weighted by atomic mass is 19.1. The standard InChI is InChI=1S/C13H11FN4O2/c14-10-6-9(7-15-8-10)11-3-4-12(18-17-11)16-13(20)2-1-5-19/h3-8H,1-2H2,(H,16,18,20). The Morgan fingerprint density at radius 1 is 1.30 bits per heavy atom. The summed E-state index contributed by atoms with van der Waals surface area (Å²) in [5.41, 5.74) is 0.944. The van der Waals surface area contributed by atoms with E-state index in [1.807, 2.05) is 0 Å². The van der Waals surface area contributed by atoms with E-state index in [4.69, 9.17) is 0 Å². The second kappa shape index (κ2) is 6.46. The van der Waals surface area contributed by atoms with Gasteiger partial charge in [-0.25, -0.2) is 4.39 Å². The van der Waals surface area contributed by atoms with Gasteiger partial charge in [-0.15, -0.1) is 10.2 Å². The van der Waals surface area contributed by atoms with Crippen molar-refractivity contribution < 1.29 is 14.0 Å². The lowest BCUT2D eigenvalue weighted by Crippen LogP contribution is -2.12. The van der Waals surface area contributed by atoms with Gasteiger partial charge in [0.25, 0.3) is 0 Å². The maximum Gasteiger partial charge on any atom is 0.226 e. The molecule has 102 valence electrons. The summed E-state index contributed by atoms with van der Waals surface area (Å²) in [6, 6.07) is 4.43. The molecule has 0 aromatic carbocycles. The van der Waals surface area contributed by atoms with Crippen molar-refractivity contribution in [3.8, 4) is 11.3 Å². The first-order chi connectivity index (χ1) is 9.69. The van der Waals surface area contributed by atoms with Crippen LogP contribution in [0.5, 0.6) is 0 Å². The summed E-state index contributed by atoms with van der Waals surface area (Å²) >= 11 is 0. The topological polar surface area (TPSA) is 84.8 Å². The fourth-order valence-corrected chi connectivity index (χ4v) is 1.50. The van der Waals surface area contributed by atoms with Crippen molar-refractivity contribution in [2.75, 3.05) is 5.32 Å². The van der Waals surface area contributed by atoms with Gasteiger partial charge in [-0.3, -0.25) is 9.78 Å². The van der Waals surface area contributed by atoms with Gasteiger partial charge in [0.15, 0.2) is 5.82 Å².